The number of piperidine rings is 1. The number of halogens is 3. The molecule has 0 spiro atoms. The first-order valence-electron chi connectivity index (χ1n) is 6.82. The highest BCUT2D eigenvalue weighted by Gasteiger charge is 2.45. The van der Waals surface area contributed by atoms with Gasteiger partial charge >= 0.3 is 6.18 Å². The molecule has 0 aromatic heterocycles. The smallest absolute Gasteiger partial charge is 0.301 e. The fourth-order valence-electron chi connectivity index (χ4n) is 2.44. The van der Waals surface area contributed by atoms with Gasteiger partial charge in [-0.3, -0.25) is 0 Å². The van der Waals surface area contributed by atoms with Crippen LogP contribution in [0, 0.1) is 5.92 Å². The van der Waals surface area contributed by atoms with Gasteiger partial charge in [0.1, 0.15) is 0 Å². The quantitative estimate of drug-likeness (QED) is 0.844. The SMILES string of the molecule is C[C@@H]1CCCN(C[C@@H](C)NS(=O)(=O)[C@H](C)C(F)(F)F)C1. The Morgan fingerprint density at radius 1 is 1.35 bits per heavy atom. The Hall–Kier alpha value is -0.340. The molecule has 3 atom stereocenters. The van der Waals surface area contributed by atoms with E-state index in [1.54, 1.807) is 6.92 Å². The van der Waals surface area contributed by atoms with Crippen LogP contribution >= 0.6 is 0 Å². The third-order valence-electron chi connectivity index (χ3n) is 3.57. The summed E-state index contributed by atoms with van der Waals surface area (Å²) in [4.78, 5) is 2.10. The van der Waals surface area contributed by atoms with Crippen molar-refractivity contribution in [3.05, 3.63) is 0 Å². The lowest BCUT2D eigenvalue weighted by atomic mass is 10.00. The Labute approximate surface area is 118 Å². The van der Waals surface area contributed by atoms with Gasteiger partial charge in [-0.1, -0.05) is 6.92 Å². The van der Waals surface area contributed by atoms with Crippen LogP contribution in [0.4, 0.5) is 13.2 Å². The minimum atomic E-state index is -4.74. The maximum absolute atomic E-state index is 12.5. The molecule has 0 aromatic carbocycles. The zero-order valence-corrected chi connectivity index (χ0v) is 12.9. The number of hydrogen-bond donors (Lipinski definition) is 1. The molecule has 0 unspecified atom stereocenters. The van der Waals surface area contributed by atoms with Gasteiger partial charge in [0.25, 0.3) is 0 Å². The van der Waals surface area contributed by atoms with Gasteiger partial charge in [0, 0.05) is 19.1 Å². The molecule has 1 N–H and O–H groups in total. The van der Waals surface area contributed by atoms with Gasteiger partial charge in [0.15, 0.2) is 5.25 Å². The second kappa shape index (κ2) is 6.62. The summed E-state index contributed by atoms with van der Waals surface area (Å²) in [7, 11) is -4.38. The number of likely N-dealkylation sites (tertiary alicyclic amines) is 1. The van der Waals surface area contributed by atoms with Crippen LogP contribution in [0.3, 0.4) is 0 Å². The van der Waals surface area contributed by atoms with E-state index >= 15 is 0 Å². The van der Waals surface area contributed by atoms with E-state index in [1.165, 1.54) is 0 Å². The molecule has 1 fully saturated rings. The van der Waals surface area contributed by atoms with Crippen LogP contribution in [0.15, 0.2) is 0 Å². The average molecular weight is 316 g/mol. The van der Waals surface area contributed by atoms with Gasteiger partial charge in [-0.2, -0.15) is 13.2 Å². The molecule has 1 rings (SSSR count). The Morgan fingerprint density at radius 3 is 2.45 bits per heavy atom. The second-order valence-electron chi connectivity index (χ2n) is 5.75. The van der Waals surface area contributed by atoms with Crippen molar-refractivity contribution < 1.29 is 21.6 Å². The maximum atomic E-state index is 12.5. The van der Waals surface area contributed by atoms with Crippen molar-refractivity contribution in [2.24, 2.45) is 5.92 Å². The number of rotatable bonds is 5. The van der Waals surface area contributed by atoms with E-state index in [0.717, 1.165) is 25.9 Å². The summed E-state index contributed by atoms with van der Waals surface area (Å²) in [5, 5.41) is -2.39. The molecule has 0 aliphatic carbocycles. The van der Waals surface area contributed by atoms with Crippen molar-refractivity contribution in [1.82, 2.24) is 9.62 Å². The minimum absolute atomic E-state index is 0.439. The Bertz CT molecular complexity index is 411. The molecule has 120 valence electrons. The normalized spacial score (nSPS) is 25.4. The average Bonchev–Trinajstić information content (AvgIpc) is 2.25. The van der Waals surface area contributed by atoms with Gasteiger partial charge < -0.3 is 4.90 Å². The summed E-state index contributed by atoms with van der Waals surface area (Å²) in [6, 6.07) is -0.532. The molecule has 0 bridgehead atoms. The van der Waals surface area contributed by atoms with Gasteiger partial charge in [-0.05, 0) is 39.2 Å². The number of hydrogen-bond acceptors (Lipinski definition) is 3. The maximum Gasteiger partial charge on any atom is 0.406 e. The molecule has 0 saturated carbocycles. The molecule has 0 radical (unpaired) electrons. The third-order valence-corrected chi connectivity index (χ3v) is 5.49. The van der Waals surface area contributed by atoms with E-state index in [4.69, 9.17) is 0 Å². The fraction of sp³-hybridized carbons (Fsp3) is 1.00. The van der Waals surface area contributed by atoms with Crippen molar-refractivity contribution >= 4 is 10.0 Å². The molecule has 0 amide bonds. The molecule has 1 aliphatic heterocycles. The molecule has 1 heterocycles. The topological polar surface area (TPSA) is 49.4 Å². The van der Waals surface area contributed by atoms with Crippen molar-refractivity contribution in [1.29, 1.82) is 0 Å². The van der Waals surface area contributed by atoms with Gasteiger partial charge in [-0.25, -0.2) is 13.1 Å². The van der Waals surface area contributed by atoms with Gasteiger partial charge in [0.2, 0.25) is 10.0 Å². The standard InChI is InChI=1S/C12H23F3N2O2S/c1-9-5-4-6-17(7-9)8-10(2)16-20(18,19)11(3)12(13,14)15/h9-11,16H,4-8H2,1-3H3/t9-,10-,11-/m1/s1. The van der Waals surface area contributed by atoms with Crippen LogP contribution in [0.25, 0.3) is 0 Å². The monoisotopic (exact) mass is 316 g/mol. The van der Waals surface area contributed by atoms with E-state index in [9.17, 15) is 21.6 Å². The number of sulfonamides is 1. The molecular formula is C12H23F3N2O2S. The Morgan fingerprint density at radius 2 is 1.95 bits per heavy atom. The van der Waals surface area contributed by atoms with Gasteiger partial charge in [0.05, 0.1) is 0 Å². The number of nitrogens with one attached hydrogen (secondary N) is 1. The fourth-order valence-corrected chi connectivity index (χ4v) is 3.63. The first-order valence-corrected chi connectivity index (χ1v) is 8.37. The lowest BCUT2D eigenvalue weighted by Gasteiger charge is -2.33. The molecular weight excluding hydrogens is 293 g/mol. The van der Waals surface area contributed by atoms with Crippen molar-refractivity contribution in [2.75, 3.05) is 19.6 Å². The summed E-state index contributed by atoms with van der Waals surface area (Å²) in [6.07, 6.45) is -2.56. The van der Waals surface area contributed by atoms with E-state index in [-0.39, 0.29) is 0 Å². The van der Waals surface area contributed by atoms with Crippen molar-refractivity contribution in [3.8, 4) is 0 Å². The van der Waals surface area contributed by atoms with E-state index in [2.05, 4.69) is 16.5 Å². The molecule has 1 aliphatic rings. The van der Waals surface area contributed by atoms with Crippen LogP contribution in [-0.4, -0.2) is 50.4 Å². The Balaban J connectivity index is 2.55. The summed E-state index contributed by atoms with van der Waals surface area (Å²) >= 11 is 0. The van der Waals surface area contributed by atoms with Crippen LogP contribution < -0.4 is 4.72 Å². The van der Waals surface area contributed by atoms with Gasteiger partial charge in [-0.15, -0.1) is 0 Å². The number of alkyl halides is 3. The van der Waals surface area contributed by atoms with Crippen molar-refractivity contribution in [2.45, 2.75) is 51.1 Å². The van der Waals surface area contributed by atoms with E-state index in [0.29, 0.717) is 19.4 Å². The number of nitrogens with zero attached hydrogens (tertiary/aromatic N) is 1. The molecule has 4 nitrogen and oxygen atoms in total. The van der Waals surface area contributed by atoms with Crippen LogP contribution in [0.5, 0.6) is 0 Å². The molecule has 8 heteroatoms. The highest BCUT2D eigenvalue weighted by Crippen LogP contribution is 2.25. The molecule has 0 aromatic rings. The third kappa shape index (κ3) is 5.21. The van der Waals surface area contributed by atoms with Crippen LogP contribution in [0.2, 0.25) is 0 Å². The lowest BCUT2D eigenvalue weighted by Crippen LogP contribution is -2.49. The zero-order chi connectivity index (χ0) is 15.6. The highest BCUT2D eigenvalue weighted by atomic mass is 32.2. The van der Waals surface area contributed by atoms with E-state index < -0.39 is 27.5 Å². The van der Waals surface area contributed by atoms with Crippen LogP contribution in [-0.2, 0) is 10.0 Å². The predicted molar refractivity (Wildman–Crippen MR) is 71.9 cm³/mol. The lowest BCUT2D eigenvalue weighted by molar-refractivity contribution is -0.127. The second-order valence-corrected chi connectivity index (χ2v) is 7.79. The Kier molecular flexibility index (Phi) is 5.86. The summed E-state index contributed by atoms with van der Waals surface area (Å²) < 4.78 is 62.8. The predicted octanol–water partition coefficient (Wildman–Crippen LogP) is 1.98. The largest absolute Gasteiger partial charge is 0.406 e. The summed E-state index contributed by atoms with van der Waals surface area (Å²) in [5.74, 6) is 0.543. The summed E-state index contributed by atoms with van der Waals surface area (Å²) in [5.41, 5.74) is 0. The van der Waals surface area contributed by atoms with Crippen molar-refractivity contribution in [3.63, 3.8) is 0 Å². The first-order chi connectivity index (χ1) is 9.02. The minimum Gasteiger partial charge on any atom is -0.301 e. The highest BCUT2D eigenvalue weighted by molar-refractivity contribution is 7.90. The first kappa shape index (κ1) is 17.7. The van der Waals surface area contributed by atoms with Crippen LogP contribution in [0.1, 0.15) is 33.6 Å². The summed E-state index contributed by atoms with van der Waals surface area (Å²) in [6.45, 7) is 6.55. The zero-order valence-electron chi connectivity index (χ0n) is 12.1. The van der Waals surface area contributed by atoms with E-state index in [1.807, 2.05) is 0 Å². The molecule has 1 saturated heterocycles. The molecule has 20 heavy (non-hydrogen) atoms.